The lowest BCUT2D eigenvalue weighted by Crippen LogP contribution is -2.34. The molecule has 1 saturated heterocycles. The van der Waals surface area contributed by atoms with Crippen LogP contribution >= 0.6 is 23.5 Å². The van der Waals surface area contributed by atoms with E-state index >= 15 is 0 Å². The largest absolute Gasteiger partial charge is 0.464 e. The summed E-state index contributed by atoms with van der Waals surface area (Å²) in [6, 6.07) is 6.87. The molecule has 83 heavy (non-hydrogen) atoms. The van der Waals surface area contributed by atoms with E-state index in [2.05, 4.69) is 48.1 Å². The second-order valence-corrected chi connectivity index (χ2v) is 23.7. The van der Waals surface area contributed by atoms with Crippen LogP contribution in [0.2, 0.25) is 0 Å². The number of nitrogens with zero attached hydrogens (tertiary/aromatic N) is 10. The van der Waals surface area contributed by atoms with Crippen LogP contribution in [0.1, 0.15) is 127 Å². The molecule has 22 nitrogen and oxygen atoms in total. The van der Waals surface area contributed by atoms with Gasteiger partial charge in [0.05, 0.1) is 37.5 Å². The highest BCUT2D eigenvalue weighted by molar-refractivity contribution is 7.99. The molecule has 28 heteroatoms. The third-order valence-electron chi connectivity index (χ3n) is 15.7. The Balaban J connectivity index is 0.000000175. The maximum Gasteiger partial charge on any atom is 0.332 e. The predicted molar refractivity (Wildman–Crippen MR) is 294 cm³/mol. The van der Waals surface area contributed by atoms with E-state index in [1.807, 2.05) is 6.92 Å². The maximum absolute atomic E-state index is 13.9. The lowest BCUT2D eigenvalue weighted by molar-refractivity contribution is -0.191. The number of carbonyl (C=O) groups excluding carboxylic acids is 2. The van der Waals surface area contributed by atoms with Crippen molar-refractivity contribution in [3.8, 4) is 0 Å². The summed E-state index contributed by atoms with van der Waals surface area (Å²) in [4.78, 5) is 42.7. The first-order valence-corrected chi connectivity index (χ1v) is 30.4. The second-order valence-electron chi connectivity index (χ2n) is 21.5. The van der Waals surface area contributed by atoms with Crippen LogP contribution in [-0.2, 0) is 38.0 Å². The molecule has 0 unspecified atom stereocenters. The fourth-order valence-corrected chi connectivity index (χ4v) is 12.9. The summed E-state index contributed by atoms with van der Waals surface area (Å²) in [5, 5.41) is 46.9. The minimum atomic E-state index is -1.25. The lowest BCUT2D eigenvalue weighted by Gasteiger charge is -2.26. The second kappa shape index (κ2) is 25.4. The van der Waals surface area contributed by atoms with Crippen LogP contribution in [0.25, 0.3) is 22.3 Å². The lowest BCUT2D eigenvalue weighted by atomic mass is 10.1. The minimum Gasteiger partial charge on any atom is -0.464 e. The van der Waals surface area contributed by atoms with Crippen molar-refractivity contribution in [2.45, 2.75) is 181 Å². The summed E-state index contributed by atoms with van der Waals surface area (Å²) in [7, 11) is 0. The number of hydrogen-bond acceptors (Lipinski definition) is 22. The van der Waals surface area contributed by atoms with E-state index < -0.39 is 71.5 Å². The van der Waals surface area contributed by atoms with Gasteiger partial charge in [-0.15, -0.1) is 10.2 Å². The van der Waals surface area contributed by atoms with E-state index in [1.165, 1.54) is 28.6 Å². The van der Waals surface area contributed by atoms with Crippen molar-refractivity contribution < 1.29 is 65.8 Å². The fraction of sp³-hybridized carbons (Fsp3) is 0.600. The number of carbonyl (C=O) groups is 2. The summed E-state index contributed by atoms with van der Waals surface area (Å²) in [6.07, 6.45) is 3.22. The first-order valence-electron chi connectivity index (χ1n) is 28.4. The number of esters is 2. The van der Waals surface area contributed by atoms with E-state index in [9.17, 15) is 37.4 Å². The number of halogens is 4. The SMILES string of the molecule is CCCSc1nc(N[C@@H]2C[C@H]2c2ccc(F)c(F)c2)c2nnn([C@@H]3C[C@H](OCC(=O)OCC)[C@@H](O)[C@H]3O)c2n1.CCCSc1nc(N[C@@H]2C[C@H]2c2ccc(F)c(F)c2)c2nnn([C@@H]3C[C@H](OCC(=O)OCC)[C@H]4OC5(CCCC5)O[C@H]43)c2n1. The third kappa shape index (κ3) is 12.7. The molecule has 0 amide bonds. The number of hydrogen-bond donors (Lipinski definition) is 4. The molecule has 1 spiro atoms. The Morgan fingerprint density at radius 3 is 1.61 bits per heavy atom. The number of aliphatic hydroxyl groups excluding tert-OH is 2. The number of thioether (sulfide) groups is 2. The number of ether oxygens (including phenoxy) is 6. The van der Waals surface area contributed by atoms with Crippen LogP contribution in [0.4, 0.5) is 29.2 Å². The van der Waals surface area contributed by atoms with Crippen molar-refractivity contribution in [2.24, 2.45) is 0 Å². The van der Waals surface area contributed by atoms with Crippen molar-refractivity contribution in [2.75, 3.05) is 48.6 Å². The molecule has 4 N–H and O–H groups in total. The Bertz CT molecular complexity index is 3310. The molecule has 0 radical (unpaired) electrons. The number of nitrogens with one attached hydrogen (secondary N) is 2. The Kier molecular flexibility index (Phi) is 18.0. The van der Waals surface area contributed by atoms with E-state index in [1.54, 1.807) is 42.4 Å². The van der Waals surface area contributed by atoms with Crippen LogP contribution in [0.5, 0.6) is 0 Å². The molecule has 5 aliphatic carbocycles. The minimum absolute atomic E-state index is 0.0163. The molecule has 12 atom stereocenters. The summed E-state index contributed by atoms with van der Waals surface area (Å²) in [5.41, 5.74) is 3.27. The van der Waals surface area contributed by atoms with Crippen molar-refractivity contribution in [1.29, 1.82) is 0 Å². The summed E-state index contributed by atoms with van der Waals surface area (Å²) < 4.78 is 92.5. The van der Waals surface area contributed by atoms with Gasteiger partial charge in [0, 0.05) is 61.1 Å². The first kappa shape index (κ1) is 58.9. The highest BCUT2D eigenvalue weighted by Crippen LogP contribution is 2.52. The maximum atomic E-state index is 13.9. The Morgan fingerprint density at radius 2 is 1.12 bits per heavy atom. The molecule has 12 rings (SSSR count). The van der Waals surface area contributed by atoms with Gasteiger partial charge in [-0.25, -0.2) is 56.5 Å². The summed E-state index contributed by atoms with van der Waals surface area (Å²) in [6.45, 7) is 7.56. The first-order chi connectivity index (χ1) is 40.2. The number of rotatable bonds is 22. The number of fused-ring (bicyclic) bond motifs is 3. The van der Waals surface area contributed by atoms with E-state index in [4.69, 9.17) is 38.4 Å². The van der Waals surface area contributed by atoms with Crippen LogP contribution in [0.15, 0.2) is 46.7 Å². The fourth-order valence-electron chi connectivity index (χ4n) is 11.5. The van der Waals surface area contributed by atoms with E-state index in [-0.39, 0.29) is 75.0 Å². The molecule has 0 bridgehead atoms. The van der Waals surface area contributed by atoms with E-state index in [0.717, 1.165) is 74.1 Å². The predicted octanol–water partition coefficient (Wildman–Crippen LogP) is 7.50. The smallest absolute Gasteiger partial charge is 0.332 e. The average Bonchev–Trinajstić information content (AvgIpc) is 2.68. The third-order valence-corrected chi connectivity index (χ3v) is 17.8. The van der Waals surface area contributed by atoms with Gasteiger partial charge in [0.25, 0.3) is 0 Å². The topological polar surface area (TPSA) is 267 Å². The molecule has 5 heterocycles. The summed E-state index contributed by atoms with van der Waals surface area (Å²) in [5.74, 6) is -2.49. The molecular formula is C55H66F4N12O10S2. The Morgan fingerprint density at radius 1 is 0.639 bits per heavy atom. The molecule has 1 aliphatic heterocycles. The number of aromatic nitrogens is 10. The zero-order valence-electron chi connectivity index (χ0n) is 46.2. The zero-order chi connectivity index (χ0) is 58.1. The van der Waals surface area contributed by atoms with Gasteiger partial charge in [-0.1, -0.05) is 59.9 Å². The monoisotopic (exact) mass is 1190 g/mol. The molecular weight excluding hydrogens is 1130 g/mol. The van der Waals surface area contributed by atoms with Crippen molar-refractivity contribution in [1.82, 2.24) is 49.9 Å². The standard InChI is InChI=1S/C30H36F2N6O5S.C25H30F2N6O5S/c1-3-11-44-29-34-27(33-20-13-17(20)16-7-8-18(31)19(32)12-16)24-28(35-29)38(37-36-24)21-14-22(41-15-23(39)40-4-2)26-25(21)42-30(43-26)9-5-6-10-30;1-3-7-39-25-29-23(28-16-9-13(16)12-5-6-14(26)15(27)8-12)20-24(30-25)33(32-31-20)17-10-18(22(36)21(17)35)38-11-19(34)37-4-2/h7-8,12,17,20-22,25-26H,3-6,9-11,13-15H2,1-2H3,(H,33,34,35);5-6,8,13,16-18,21-22,35-36H,3-4,7,9-11H2,1-2H3,(H,28,29,30)/t17-,20+,21+,22-,25-,26+;13-,16+,17+,18-,21-,22+/m00/s1. The van der Waals surface area contributed by atoms with Gasteiger partial charge in [0.15, 0.2) is 73.3 Å². The molecule has 2 aromatic carbocycles. The van der Waals surface area contributed by atoms with E-state index in [0.29, 0.717) is 62.7 Å². The Labute approximate surface area is 483 Å². The number of benzene rings is 2. The number of anilines is 2. The van der Waals surface area contributed by atoms with Gasteiger partial charge in [-0.3, -0.25) is 0 Å². The quantitative estimate of drug-likeness (QED) is 0.0222. The molecule has 6 aliphatic rings. The van der Waals surface area contributed by atoms with Gasteiger partial charge in [-0.05, 0) is 87.8 Å². The van der Waals surface area contributed by atoms with Gasteiger partial charge in [-0.2, -0.15) is 0 Å². The molecule has 6 fully saturated rings. The van der Waals surface area contributed by atoms with Crippen molar-refractivity contribution >= 4 is 69.4 Å². The molecule has 4 aromatic heterocycles. The Hall–Kier alpha value is -5.88. The van der Waals surface area contributed by atoms with Gasteiger partial charge in [0.1, 0.15) is 37.6 Å². The van der Waals surface area contributed by atoms with Crippen LogP contribution in [0.3, 0.4) is 0 Å². The highest BCUT2D eigenvalue weighted by Gasteiger charge is 2.60. The summed E-state index contributed by atoms with van der Waals surface area (Å²) >= 11 is 3.01. The van der Waals surface area contributed by atoms with Gasteiger partial charge >= 0.3 is 11.9 Å². The molecule has 5 saturated carbocycles. The molecule has 446 valence electrons. The number of aliphatic hydroxyl groups is 2. The van der Waals surface area contributed by atoms with Crippen molar-refractivity contribution in [3.63, 3.8) is 0 Å². The van der Waals surface area contributed by atoms with Crippen molar-refractivity contribution in [3.05, 3.63) is 70.8 Å². The molecule has 6 aromatic rings. The van der Waals surface area contributed by atoms with Crippen LogP contribution < -0.4 is 10.6 Å². The van der Waals surface area contributed by atoms with Gasteiger partial charge in [0.2, 0.25) is 0 Å². The highest BCUT2D eigenvalue weighted by atomic mass is 32.2. The van der Waals surface area contributed by atoms with Crippen LogP contribution in [0, 0.1) is 23.3 Å². The van der Waals surface area contributed by atoms with Crippen LogP contribution in [-0.4, -0.2) is 165 Å². The van der Waals surface area contributed by atoms with Gasteiger partial charge < -0.3 is 49.3 Å². The zero-order valence-corrected chi connectivity index (χ0v) is 47.8. The average molecular weight is 1200 g/mol. The normalized spacial score (nSPS) is 27.4.